The highest BCUT2D eigenvalue weighted by atomic mass is 35.5. The Labute approximate surface area is 158 Å². The summed E-state index contributed by atoms with van der Waals surface area (Å²) in [6.07, 6.45) is 2.25. The maximum atomic E-state index is 13.3. The number of carbonyl (C=O) groups is 1. The summed E-state index contributed by atoms with van der Waals surface area (Å²) in [5, 5.41) is 1.53. The van der Waals surface area contributed by atoms with Crippen LogP contribution in [0.3, 0.4) is 0 Å². The Bertz CT molecular complexity index is 969. The van der Waals surface area contributed by atoms with Gasteiger partial charge in [0, 0.05) is 29.1 Å². The van der Waals surface area contributed by atoms with Crippen molar-refractivity contribution in [3.05, 3.63) is 65.2 Å². The van der Waals surface area contributed by atoms with E-state index >= 15 is 0 Å². The van der Waals surface area contributed by atoms with Gasteiger partial charge >= 0.3 is 0 Å². The highest BCUT2D eigenvalue weighted by Gasteiger charge is 2.24. The van der Waals surface area contributed by atoms with Gasteiger partial charge in [-0.25, -0.2) is 4.98 Å². The first-order valence-electron chi connectivity index (χ1n) is 9.07. The Morgan fingerprint density at radius 2 is 1.92 bits per heavy atom. The summed E-state index contributed by atoms with van der Waals surface area (Å²) in [7, 11) is 0. The van der Waals surface area contributed by atoms with Crippen LogP contribution in [0.15, 0.2) is 54.6 Å². The zero-order valence-corrected chi connectivity index (χ0v) is 15.5. The minimum absolute atomic E-state index is 0.0865. The lowest BCUT2D eigenvalue weighted by Gasteiger charge is -2.31. The summed E-state index contributed by atoms with van der Waals surface area (Å²) in [4.78, 5) is 20.0. The molecule has 4 heteroatoms. The lowest BCUT2D eigenvalue weighted by Crippen LogP contribution is -2.39. The van der Waals surface area contributed by atoms with Gasteiger partial charge in [0.15, 0.2) is 0 Å². The Hall–Kier alpha value is -2.39. The molecule has 0 aliphatic carbocycles. The molecule has 2 heterocycles. The molecular formula is C22H21ClN2O. The number of aromatic nitrogens is 1. The molecule has 26 heavy (non-hydrogen) atoms. The molecule has 0 N–H and O–H groups in total. The lowest BCUT2D eigenvalue weighted by molar-refractivity contribution is 0.0685. The monoisotopic (exact) mass is 364 g/mol. The molecule has 1 saturated heterocycles. The first kappa shape index (κ1) is 17.0. The van der Waals surface area contributed by atoms with Crippen LogP contribution >= 0.6 is 11.6 Å². The molecule has 1 aliphatic rings. The predicted molar refractivity (Wildman–Crippen MR) is 106 cm³/mol. The molecule has 0 bridgehead atoms. The second-order valence-electron chi connectivity index (χ2n) is 7.05. The number of benzene rings is 2. The lowest BCUT2D eigenvalue weighted by atomic mass is 9.98. The van der Waals surface area contributed by atoms with Crippen molar-refractivity contribution in [2.75, 3.05) is 13.1 Å². The van der Waals surface area contributed by atoms with E-state index < -0.39 is 0 Å². The number of carbonyl (C=O) groups excluding carboxylic acids is 1. The number of pyridine rings is 1. The van der Waals surface area contributed by atoms with Gasteiger partial charge in [-0.3, -0.25) is 4.79 Å². The maximum absolute atomic E-state index is 13.3. The molecule has 1 atom stereocenters. The van der Waals surface area contributed by atoms with Crippen LogP contribution in [0.4, 0.5) is 0 Å². The van der Waals surface area contributed by atoms with Gasteiger partial charge in [-0.1, -0.05) is 54.9 Å². The molecule has 1 aromatic heterocycles. The van der Waals surface area contributed by atoms with Gasteiger partial charge < -0.3 is 4.90 Å². The van der Waals surface area contributed by atoms with E-state index in [4.69, 9.17) is 16.6 Å². The highest BCUT2D eigenvalue weighted by molar-refractivity contribution is 6.33. The number of likely N-dealkylation sites (tertiary alicyclic amines) is 1. The molecule has 1 unspecified atom stereocenters. The number of amides is 1. The van der Waals surface area contributed by atoms with Gasteiger partial charge in [0.25, 0.3) is 5.91 Å². The number of hydrogen-bond acceptors (Lipinski definition) is 2. The Morgan fingerprint density at radius 1 is 1.15 bits per heavy atom. The van der Waals surface area contributed by atoms with Crippen LogP contribution in [-0.2, 0) is 0 Å². The topological polar surface area (TPSA) is 33.2 Å². The average Bonchev–Trinajstić information content (AvgIpc) is 2.67. The molecule has 132 valence electrons. The van der Waals surface area contributed by atoms with Gasteiger partial charge in [0.05, 0.1) is 16.8 Å². The summed E-state index contributed by atoms with van der Waals surface area (Å²) in [6.45, 7) is 3.84. The quantitative estimate of drug-likeness (QED) is 0.607. The van der Waals surface area contributed by atoms with E-state index in [1.807, 2.05) is 59.5 Å². The minimum atomic E-state index is 0.0865. The highest BCUT2D eigenvalue weighted by Crippen LogP contribution is 2.30. The number of nitrogens with zero attached hydrogens (tertiary/aromatic N) is 2. The first-order valence-corrected chi connectivity index (χ1v) is 9.45. The van der Waals surface area contributed by atoms with Crippen LogP contribution in [0.5, 0.6) is 0 Å². The van der Waals surface area contributed by atoms with E-state index in [1.54, 1.807) is 0 Å². The fourth-order valence-electron chi connectivity index (χ4n) is 3.70. The predicted octanol–water partition coefficient (Wildman–Crippen LogP) is 5.43. The van der Waals surface area contributed by atoms with Crippen molar-refractivity contribution >= 4 is 28.4 Å². The molecule has 4 rings (SSSR count). The molecule has 0 spiro atoms. The standard InChI is InChI=1S/C22H21ClN2O/c1-15-7-6-12-25(14-15)22(26)18-13-21(17-9-2-4-10-19(17)23)24-20-11-5-3-8-16(18)20/h2-5,8-11,13,15H,6-7,12,14H2,1H3. The summed E-state index contributed by atoms with van der Waals surface area (Å²) in [5.41, 5.74) is 3.11. The molecule has 0 radical (unpaired) electrons. The smallest absolute Gasteiger partial charge is 0.254 e. The third kappa shape index (κ3) is 3.19. The number of rotatable bonds is 2. The van der Waals surface area contributed by atoms with Crippen LogP contribution in [0, 0.1) is 5.92 Å². The third-order valence-electron chi connectivity index (χ3n) is 5.04. The molecule has 0 saturated carbocycles. The van der Waals surface area contributed by atoms with Crippen molar-refractivity contribution in [3.63, 3.8) is 0 Å². The largest absolute Gasteiger partial charge is 0.338 e. The summed E-state index contributed by atoms with van der Waals surface area (Å²) < 4.78 is 0. The molecule has 1 amide bonds. The number of piperidine rings is 1. The van der Waals surface area contributed by atoms with Gasteiger partial charge in [0.2, 0.25) is 0 Å². The van der Waals surface area contributed by atoms with Crippen LogP contribution in [0.25, 0.3) is 22.2 Å². The van der Waals surface area contributed by atoms with E-state index in [2.05, 4.69) is 6.92 Å². The van der Waals surface area contributed by atoms with Crippen LogP contribution < -0.4 is 0 Å². The second kappa shape index (κ2) is 7.08. The van der Waals surface area contributed by atoms with Crippen molar-refractivity contribution in [1.82, 2.24) is 9.88 Å². The normalized spacial score (nSPS) is 17.5. The second-order valence-corrected chi connectivity index (χ2v) is 7.46. The van der Waals surface area contributed by atoms with Gasteiger partial charge in [-0.2, -0.15) is 0 Å². The average molecular weight is 365 g/mol. The Morgan fingerprint density at radius 3 is 2.73 bits per heavy atom. The Balaban J connectivity index is 1.85. The van der Waals surface area contributed by atoms with Crippen molar-refractivity contribution in [3.8, 4) is 11.3 Å². The third-order valence-corrected chi connectivity index (χ3v) is 5.37. The van der Waals surface area contributed by atoms with Gasteiger partial charge in [-0.15, -0.1) is 0 Å². The van der Waals surface area contributed by atoms with E-state index in [1.165, 1.54) is 6.42 Å². The van der Waals surface area contributed by atoms with Crippen molar-refractivity contribution in [2.45, 2.75) is 19.8 Å². The van der Waals surface area contributed by atoms with Crippen LogP contribution in [0.2, 0.25) is 5.02 Å². The Kier molecular flexibility index (Phi) is 4.64. The van der Waals surface area contributed by atoms with Gasteiger partial charge in [0.1, 0.15) is 0 Å². The first-order chi connectivity index (χ1) is 12.6. The molecule has 1 fully saturated rings. The van der Waals surface area contributed by atoms with Crippen molar-refractivity contribution in [1.29, 1.82) is 0 Å². The van der Waals surface area contributed by atoms with Gasteiger partial charge in [-0.05, 0) is 37.0 Å². The van der Waals surface area contributed by atoms with E-state index in [9.17, 15) is 4.79 Å². The number of para-hydroxylation sites is 1. The fraction of sp³-hybridized carbons (Fsp3) is 0.273. The maximum Gasteiger partial charge on any atom is 0.254 e. The number of fused-ring (bicyclic) bond motifs is 1. The summed E-state index contributed by atoms with van der Waals surface area (Å²) in [6, 6.07) is 17.3. The van der Waals surface area contributed by atoms with E-state index in [0.29, 0.717) is 16.5 Å². The zero-order valence-electron chi connectivity index (χ0n) is 14.8. The fourth-order valence-corrected chi connectivity index (χ4v) is 3.94. The SMILES string of the molecule is CC1CCCN(C(=O)c2cc(-c3ccccc3Cl)nc3ccccc23)C1. The number of halogens is 1. The minimum Gasteiger partial charge on any atom is -0.338 e. The van der Waals surface area contributed by atoms with Crippen LogP contribution in [-0.4, -0.2) is 28.9 Å². The van der Waals surface area contributed by atoms with E-state index in [-0.39, 0.29) is 5.91 Å². The summed E-state index contributed by atoms with van der Waals surface area (Å²) in [5.74, 6) is 0.632. The number of hydrogen-bond donors (Lipinski definition) is 0. The molecule has 1 aliphatic heterocycles. The molecule has 3 nitrogen and oxygen atoms in total. The van der Waals surface area contributed by atoms with Crippen LogP contribution in [0.1, 0.15) is 30.1 Å². The summed E-state index contributed by atoms with van der Waals surface area (Å²) >= 11 is 6.37. The molecular weight excluding hydrogens is 344 g/mol. The van der Waals surface area contributed by atoms with Crippen molar-refractivity contribution < 1.29 is 4.79 Å². The van der Waals surface area contributed by atoms with Crippen molar-refractivity contribution in [2.24, 2.45) is 5.92 Å². The van der Waals surface area contributed by atoms with E-state index in [0.717, 1.165) is 41.7 Å². The molecule has 3 aromatic rings. The molecule has 2 aromatic carbocycles. The zero-order chi connectivity index (χ0) is 18.1.